The third kappa shape index (κ3) is 4.67. The number of aromatic nitrogens is 2. The van der Waals surface area contributed by atoms with Crippen molar-refractivity contribution >= 4 is 5.91 Å². The normalized spacial score (nSPS) is 12.0. The van der Waals surface area contributed by atoms with Crippen LogP contribution in [0.4, 0.5) is 0 Å². The van der Waals surface area contributed by atoms with Crippen molar-refractivity contribution in [3.63, 3.8) is 0 Å². The van der Waals surface area contributed by atoms with Gasteiger partial charge in [-0.15, -0.1) is 0 Å². The molecular formula is C23H27N3O2. The van der Waals surface area contributed by atoms with Gasteiger partial charge < -0.3 is 10.4 Å². The van der Waals surface area contributed by atoms with Crippen molar-refractivity contribution in [2.75, 3.05) is 6.61 Å². The maximum absolute atomic E-state index is 12.9. The Bertz CT molecular complexity index is 948. The van der Waals surface area contributed by atoms with Crippen molar-refractivity contribution < 1.29 is 9.90 Å². The fourth-order valence-corrected chi connectivity index (χ4v) is 3.29. The minimum atomic E-state index is -0.348. The second-order valence-corrected chi connectivity index (χ2v) is 7.27. The monoisotopic (exact) mass is 377 g/mol. The molecule has 1 unspecified atom stereocenters. The lowest BCUT2D eigenvalue weighted by atomic mass is 10.0. The molecule has 1 atom stereocenters. The molecule has 0 aliphatic heterocycles. The average molecular weight is 377 g/mol. The topological polar surface area (TPSA) is 67.2 Å². The van der Waals surface area contributed by atoms with E-state index in [0.717, 1.165) is 16.8 Å². The van der Waals surface area contributed by atoms with E-state index in [1.807, 2.05) is 43.4 Å². The van der Waals surface area contributed by atoms with Crippen LogP contribution in [0.3, 0.4) is 0 Å². The van der Waals surface area contributed by atoms with Crippen LogP contribution >= 0.6 is 0 Å². The number of aliphatic hydroxyl groups excluding tert-OH is 1. The van der Waals surface area contributed by atoms with E-state index in [9.17, 15) is 9.90 Å². The Morgan fingerprint density at radius 2 is 1.86 bits per heavy atom. The first-order valence-electron chi connectivity index (χ1n) is 9.50. The molecule has 0 bridgehead atoms. The van der Waals surface area contributed by atoms with E-state index in [1.165, 1.54) is 11.1 Å². The van der Waals surface area contributed by atoms with Crippen LogP contribution in [0.5, 0.6) is 0 Å². The van der Waals surface area contributed by atoms with Gasteiger partial charge >= 0.3 is 0 Å². The molecule has 0 aliphatic rings. The summed E-state index contributed by atoms with van der Waals surface area (Å²) >= 11 is 0. The zero-order chi connectivity index (χ0) is 20.1. The molecule has 0 saturated carbocycles. The molecule has 5 nitrogen and oxygen atoms in total. The SMILES string of the molecule is Cc1ccc(CC(CO)NC(=O)c2cnn(C)c2Cc2ccccc2)cc1C. The Labute approximate surface area is 166 Å². The van der Waals surface area contributed by atoms with Crippen LogP contribution in [0.1, 0.15) is 38.3 Å². The van der Waals surface area contributed by atoms with E-state index < -0.39 is 0 Å². The molecule has 0 spiro atoms. The van der Waals surface area contributed by atoms with Gasteiger partial charge in [0.05, 0.1) is 30.1 Å². The predicted octanol–water partition coefficient (Wildman–Crippen LogP) is 2.96. The summed E-state index contributed by atoms with van der Waals surface area (Å²) in [6, 6.07) is 15.9. The van der Waals surface area contributed by atoms with E-state index >= 15 is 0 Å². The van der Waals surface area contributed by atoms with Gasteiger partial charge in [0.25, 0.3) is 5.91 Å². The first-order valence-corrected chi connectivity index (χ1v) is 9.50. The highest BCUT2D eigenvalue weighted by Gasteiger charge is 2.20. The van der Waals surface area contributed by atoms with E-state index in [1.54, 1.807) is 10.9 Å². The van der Waals surface area contributed by atoms with Crippen molar-refractivity contribution in [2.24, 2.45) is 7.05 Å². The Balaban J connectivity index is 1.73. The van der Waals surface area contributed by atoms with Gasteiger partial charge in [0.1, 0.15) is 0 Å². The molecule has 1 amide bonds. The number of aliphatic hydroxyl groups is 1. The highest BCUT2D eigenvalue weighted by Crippen LogP contribution is 2.15. The van der Waals surface area contributed by atoms with Crippen molar-refractivity contribution in [1.29, 1.82) is 0 Å². The summed E-state index contributed by atoms with van der Waals surface area (Å²) in [5, 5.41) is 17.0. The number of aryl methyl sites for hydroxylation is 3. The summed E-state index contributed by atoms with van der Waals surface area (Å²) < 4.78 is 1.74. The summed E-state index contributed by atoms with van der Waals surface area (Å²) in [5.41, 5.74) is 6.05. The molecule has 0 aliphatic carbocycles. The third-order valence-corrected chi connectivity index (χ3v) is 5.13. The maximum Gasteiger partial charge on any atom is 0.255 e. The molecule has 0 saturated heterocycles. The standard InChI is InChI=1S/C23H27N3O2/c1-16-9-10-19(11-17(16)2)12-20(15-27)25-23(28)21-14-24-26(3)22(21)13-18-7-5-4-6-8-18/h4-11,14,20,27H,12-13,15H2,1-3H3,(H,25,28). The zero-order valence-electron chi connectivity index (χ0n) is 16.6. The Morgan fingerprint density at radius 3 is 2.54 bits per heavy atom. The van der Waals surface area contributed by atoms with Gasteiger partial charge in [0, 0.05) is 13.5 Å². The number of hydrogen-bond acceptors (Lipinski definition) is 3. The molecule has 1 aromatic heterocycles. The van der Waals surface area contributed by atoms with Crippen LogP contribution in [-0.4, -0.2) is 33.4 Å². The second kappa shape index (κ2) is 8.85. The maximum atomic E-state index is 12.9. The van der Waals surface area contributed by atoms with Crippen LogP contribution in [0.25, 0.3) is 0 Å². The quantitative estimate of drug-likeness (QED) is 0.665. The molecule has 0 radical (unpaired) electrons. The second-order valence-electron chi connectivity index (χ2n) is 7.27. The lowest BCUT2D eigenvalue weighted by Gasteiger charge is -2.17. The first-order chi connectivity index (χ1) is 13.5. The lowest BCUT2D eigenvalue weighted by molar-refractivity contribution is 0.0915. The summed E-state index contributed by atoms with van der Waals surface area (Å²) in [5.74, 6) is -0.207. The zero-order valence-corrected chi connectivity index (χ0v) is 16.6. The molecule has 1 heterocycles. The highest BCUT2D eigenvalue weighted by atomic mass is 16.3. The molecule has 2 N–H and O–H groups in total. The van der Waals surface area contributed by atoms with Crippen molar-refractivity contribution in [2.45, 2.75) is 32.7 Å². The van der Waals surface area contributed by atoms with Crippen molar-refractivity contribution in [3.05, 3.63) is 88.2 Å². The minimum Gasteiger partial charge on any atom is -0.394 e. The van der Waals surface area contributed by atoms with E-state index in [-0.39, 0.29) is 18.6 Å². The molecule has 146 valence electrons. The van der Waals surface area contributed by atoms with E-state index in [2.05, 4.69) is 36.4 Å². The largest absolute Gasteiger partial charge is 0.394 e. The summed E-state index contributed by atoms with van der Waals surface area (Å²) in [6.45, 7) is 4.02. The number of carbonyl (C=O) groups is 1. The molecule has 3 aromatic rings. The molecule has 28 heavy (non-hydrogen) atoms. The van der Waals surface area contributed by atoms with Gasteiger partial charge in [-0.3, -0.25) is 9.48 Å². The lowest BCUT2D eigenvalue weighted by Crippen LogP contribution is -2.39. The molecule has 0 fully saturated rings. The number of amides is 1. The number of rotatable bonds is 7. The van der Waals surface area contributed by atoms with Crippen LogP contribution in [-0.2, 0) is 19.9 Å². The number of hydrogen-bond donors (Lipinski definition) is 2. The fourth-order valence-electron chi connectivity index (χ4n) is 3.29. The molecule has 2 aromatic carbocycles. The van der Waals surface area contributed by atoms with Gasteiger partial charge in [0.2, 0.25) is 0 Å². The Hall–Kier alpha value is -2.92. The summed E-state index contributed by atoms with van der Waals surface area (Å²) in [6.07, 6.45) is 2.80. The van der Waals surface area contributed by atoms with E-state index in [4.69, 9.17) is 0 Å². The number of benzene rings is 2. The van der Waals surface area contributed by atoms with Crippen LogP contribution in [0, 0.1) is 13.8 Å². The summed E-state index contributed by atoms with van der Waals surface area (Å²) in [4.78, 5) is 12.9. The number of nitrogens with zero attached hydrogens (tertiary/aromatic N) is 2. The van der Waals surface area contributed by atoms with Gasteiger partial charge in [-0.1, -0.05) is 48.5 Å². The molecule has 3 rings (SSSR count). The van der Waals surface area contributed by atoms with E-state index in [0.29, 0.717) is 18.4 Å². The van der Waals surface area contributed by atoms with Crippen molar-refractivity contribution in [3.8, 4) is 0 Å². The Kier molecular flexibility index (Phi) is 6.26. The summed E-state index contributed by atoms with van der Waals surface area (Å²) in [7, 11) is 1.84. The minimum absolute atomic E-state index is 0.118. The average Bonchev–Trinajstić information content (AvgIpc) is 3.05. The third-order valence-electron chi connectivity index (χ3n) is 5.13. The molecule has 5 heteroatoms. The predicted molar refractivity (Wildman–Crippen MR) is 110 cm³/mol. The van der Waals surface area contributed by atoms with Crippen LogP contribution in [0.15, 0.2) is 54.7 Å². The fraction of sp³-hybridized carbons (Fsp3) is 0.304. The van der Waals surface area contributed by atoms with Gasteiger partial charge in [-0.25, -0.2) is 0 Å². The number of nitrogens with one attached hydrogen (secondary N) is 1. The smallest absolute Gasteiger partial charge is 0.255 e. The van der Waals surface area contributed by atoms with Gasteiger partial charge in [0.15, 0.2) is 0 Å². The van der Waals surface area contributed by atoms with Gasteiger partial charge in [-0.05, 0) is 42.5 Å². The first kappa shape index (κ1) is 19.8. The molecular weight excluding hydrogens is 350 g/mol. The number of carbonyl (C=O) groups excluding carboxylic acids is 1. The highest BCUT2D eigenvalue weighted by molar-refractivity contribution is 5.95. The van der Waals surface area contributed by atoms with Gasteiger partial charge in [-0.2, -0.15) is 5.10 Å². The van der Waals surface area contributed by atoms with Crippen molar-refractivity contribution in [1.82, 2.24) is 15.1 Å². The van der Waals surface area contributed by atoms with Crippen LogP contribution in [0.2, 0.25) is 0 Å². The Morgan fingerprint density at radius 1 is 1.11 bits per heavy atom. The van der Waals surface area contributed by atoms with Crippen LogP contribution < -0.4 is 5.32 Å².